The summed E-state index contributed by atoms with van der Waals surface area (Å²) in [5.41, 5.74) is 17.8. The lowest BCUT2D eigenvalue weighted by Crippen LogP contribution is -2.61. The van der Waals surface area contributed by atoms with Crippen LogP contribution in [-0.2, 0) is 59.2 Å². The van der Waals surface area contributed by atoms with Crippen molar-refractivity contribution in [1.29, 1.82) is 0 Å². The first-order chi connectivity index (χ1) is 36.3. The maximum Gasteiger partial charge on any atom is 0.326 e. The molecule has 1 saturated heterocycles. The zero-order chi connectivity index (χ0) is 58.1. The summed E-state index contributed by atoms with van der Waals surface area (Å²) in [4.78, 5) is 149. The van der Waals surface area contributed by atoms with E-state index >= 15 is 0 Å². The van der Waals surface area contributed by atoms with E-state index in [2.05, 4.69) is 37.2 Å². The highest BCUT2D eigenvalue weighted by Crippen LogP contribution is 2.23. The first-order valence-electron chi connectivity index (χ1n) is 27.0. The second-order valence-corrected chi connectivity index (χ2v) is 20.7. The van der Waals surface area contributed by atoms with Crippen molar-refractivity contribution in [3.63, 3.8) is 0 Å². The van der Waals surface area contributed by atoms with Crippen molar-refractivity contribution in [3.8, 4) is 0 Å². The Bertz CT molecular complexity index is 2170. The van der Waals surface area contributed by atoms with Gasteiger partial charge in [-0.2, -0.15) is 0 Å². The number of carboxylic acid groups (broad SMARTS) is 2. The molecule has 1 fully saturated rings. The van der Waals surface area contributed by atoms with Gasteiger partial charge in [-0.1, -0.05) is 105 Å². The van der Waals surface area contributed by atoms with E-state index in [0.29, 0.717) is 50.6 Å². The molecule has 24 heteroatoms. The van der Waals surface area contributed by atoms with E-state index in [1.807, 2.05) is 6.92 Å². The van der Waals surface area contributed by atoms with Gasteiger partial charge in [-0.3, -0.25) is 47.9 Å². The third-order valence-corrected chi connectivity index (χ3v) is 14.1. The lowest BCUT2D eigenvalue weighted by Gasteiger charge is -2.33. The zero-order valence-electron chi connectivity index (χ0n) is 46.1. The second kappa shape index (κ2) is 33.5. The van der Waals surface area contributed by atoms with Crippen LogP contribution in [0.5, 0.6) is 0 Å². The first-order valence-corrected chi connectivity index (χ1v) is 27.0. The Morgan fingerprint density at radius 3 is 1.71 bits per heavy atom. The third kappa shape index (κ3) is 22.1. The van der Waals surface area contributed by atoms with Gasteiger partial charge in [0.15, 0.2) is 0 Å². The summed E-state index contributed by atoms with van der Waals surface area (Å²) in [6, 6.07) is -3.08. The molecule has 0 unspecified atom stereocenters. The van der Waals surface area contributed by atoms with E-state index < -0.39 is 138 Å². The highest BCUT2D eigenvalue weighted by molar-refractivity contribution is 5.99. The molecule has 0 aliphatic carbocycles. The predicted octanol–water partition coefficient (Wildman–Crippen LogP) is 0.0792. The lowest BCUT2D eigenvalue weighted by molar-refractivity contribution is -0.145. The van der Waals surface area contributed by atoms with Crippen LogP contribution in [0.15, 0.2) is 30.3 Å². The molecule has 12 atom stereocenters. The maximum absolute atomic E-state index is 14.5. The van der Waals surface area contributed by atoms with Crippen LogP contribution >= 0.6 is 0 Å². The molecular weight excluding hydrogens is 999 g/mol. The smallest absolute Gasteiger partial charge is 0.326 e. The molecule has 1 aliphatic heterocycles. The highest BCUT2D eigenvalue weighted by Gasteiger charge is 2.42. The zero-order valence-corrected chi connectivity index (χ0v) is 46.1. The van der Waals surface area contributed by atoms with Crippen molar-refractivity contribution in [3.05, 3.63) is 35.9 Å². The van der Waals surface area contributed by atoms with Crippen molar-refractivity contribution in [2.75, 3.05) is 13.1 Å². The molecule has 1 aliphatic rings. The second-order valence-electron chi connectivity index (χ2n) is 20.7. The number of benzene rings is 1. The maximum atomic E-state index is 14.5. The van der Waals surface area contributed by atoms with E-state index in [9.17, 15) is 63.0 Å². The number of nitrogens with one attached hydrogen (secondary N) is 7. The molecule has 1 heterocycles. The van der Waals surface area contributed by atoms with E-state index in [4.69, 9.17) is 17.2 Å². The van der Waals surface area contributed by atoms with Gasteiger partial charge in [-0.15, -0.1) is 0 Å². The average molecular weight is 1090 g/mol. The van der Waals surface area contributed by atoms with Gasteiger partial charge < -0.3 is 69.5 Å². The SMILES string of the molecule is CC[C@H](C)[C@H](N)C(=O)N[C@H](C(=O)N[C@@H](CC(=O)O)C(=O)N[C@H](C(=O)N1CCC[C@H]1C(=O)N[C@@H](CCC(N)=O)C(=O)N[C@@H](CC(C)C)C(=O)N[C@@H](Cc1ccccc1)C(=O)N[C@@H](CCCCN)C(=O)O)[C@@H](C)CC)[C@@H](C)CC. The van der Waals surface area contributed by atoms with Crippen LogP contribution in [0.2, 0.25) is 0 Å². The minimum Gasteiger partial charge on any atom is -0.481 e. The summed E-state index contributed by atoms with van der Waals surface area (Å²) in [5.74, 6) is -11.4. The monoisotopic (exact) mass is 1090 g/mol. The molecule has 0 spiro atoms. The minimum absolute atomic E-state index is 0.0390. The molecule has 0 aromatic heterocycles. The summed E-state index contributed by atoms with van der Waals surface area (Å²) in [6.07, 6.45) is 1.21. The van der Waals surface area contributed by atoms with Crippen LogP contribution in [0.25, 0.3) is 0 Å². The van der Waals surface area contributed by atoms with Crippen LogP contribution in [0.1, 0.15) is 138 Å². The third-order valence-electron chi connectivity index (χ3n) is 14.1. The molecule has 1 aromatic carbocycles. The predicted molar refractivity (Wildman–Crippen MR) is 285 cm³/mol. The fourth-order valence-corrected chi connectivity index (χ4v) is 8.68. The van der Waals surface area contributed by atoms with Gasteiger partial charge in [0.25, 0.3) is 0 Å². The minimum atomic E-state index is -1.71. The number of hydrogen-bond acceptors (Lipinski definition) is 13. The highest BCUT2D eigenvalue weighted by atomic mass is 16.4. The van der Waals surface area contributed by atoms with Crippen molar-refractivity contribution in [2.24, 2.45) is 40.9 Å². The Balaban J connectivity index is 2.42. The fourth-order valence-electron chi connectivity index (χ4n) is 8.68. The Labute approximate surface area is 452 Å². The summed E-state index contributed by atoms with van der Waals surface area (Å²) in [5, 5.41) is 37.9. The van der Waals surface area contributed by atoms with E-state index in [1.165, 1.54) is 4.90 Å². The molecule has 24 nitrogen and oxygen atoms in total. The number of aliphatic carboxylic acids is 2. The van der Waals surface area contributed by atoms with Gasteiger partial charge in [0.05, 0.1) is 12.5 Å². The Morgan fingerprint density at radius 1 is 0.623 bits per heavy atom. The summed E-state index contributed by atoms with van der Waals surface area (Å²) in [7, 11) is 0. The summed E-state index contributed by atoms with van der Waals surface area (Å²) < 4.78 is 0. The van der Waals surface area contributed by atoms with Gasteiger partial charge in [0, 0.05) is 19.4 Å². The van der Waals surface area contributed by atoms with E-state index in [1.54, 1.807) is 78.8 Å². The Morgan fingerprint density at radius 2 is 1.16 bits per heavy atom. The Hall–Kier alpha value is -6.69. The van der Waals surface area contributed by atoms with Gasteiger partial charge in [0.2, 0.25) is 53.2 Å². The lowest BCUT2D eigenvalue weighted by atomic mass is 9.95. The van der Waals surface area contributed by atoms with Crippen LogP contribution < -0.4 is 54.4 Å². The van der Waals surface area contributed by atoms with Gasteiger partial charge in [-0.05, 0) is 80.7 Å². The molecule has 0 radical (unpaired) electrons. The number of hydrogen-bond donors (Lipinski definition) is 12. The molecule has 432 valence electrons. The number of primary amides is 1. The molecule has 9 amide bonds. The summed E-state index contributed by atoms with van der Waals surface area (Å²) in [6.45, 7) is 14.5. The number of likely N-dealkylation sites (tertiary alicyclic amines) is 1. The molecule has 1 aromatic rings. The number of carbonyl (C=O) groups excluding carboxylic acids is 9. The summed E-state index contributed by atoms with van der Waals surface area (Å²) >= 11 is 0. The van der Waals surface area contributed by atoms with Crippen molar-refractivity contribution < 1.29 is 63.0 Å². The van der Waals surface area contributed by atoms with Crippen molar-refractivity contribution in [2.45, 2.75) is 193 Å². The van der Waals surface area contributed by atoms with Gasteiger partial charge in [-0.25, -0.2) is 4.79 Å². The van der Waals surface area contributed by atoms with Crippen molar-refractivity contribution >= 4 is 65.1 Å². The number of unbranched alkanes of at least 4 members (excludes halogenated alkanes) is 1. The van der Waals surface area contributed by atoms with Gasteiger partial charge >= 0.3 is 11.9 Å². The van der Waals surface area contributed by atoms with Crippen LogP contribution in [0.4, 0.5) is 0 Å². The number of rotatable bonds is 35. The molecular formula is C53H87N11O13. The normalized spacial score (nSPS) is 17.5. The number of amides is 9. The molecule has 77 heavy (non-hydrogen) atoms. The van der Waals surface area contributed by atoms with Crippen LogP contribution in [0, 0.1) is 23.7 Å². The van der Waals surface area contributed by atoms with Crippen LogP contribution in [0.3, 0.4) is 0 Å². The number of nitrogens with zero attached hydrogens (tertiary/aromatic N) is 1. The number of nitrogens with two attached hydrogens (primary N) is 3. The fraction of sp³-hybridized carbons (Fsp3) is 0.679. The van der Waals surface area contributed by atoms with Gasteiger partial charge in [0.1, 0.15) is 48.3 Å². The molecule has 15 N–H and O–H groups in total. The largest absolute Gasteiger partial charge is 0.481 e. The topological polar surface area (TPSA) is 394 Å². The standard InChI is InChI=1S/C53H87N11O13/c1-9-30(6)42(56)50(73)62-43(31(7)10-2)51(74)61-38(28-41(66)67)48(71)63-44(32(8)11-3)52(75)64-25-17-21-39(64)49(72)57-34(22-23-40(55)65)45(68)59-36(26-29(4)5)46(69)60-37(27-33-18-13-12-14-19-33)47(70)58-35(53(76)77)20-15-16-24-54/h12-14,18-19,29-32,34-39,42-44H,9-11,15-17,20-28,54,56H2,1-8H3,(H2,55,65)(H,57,72)(H,58,70)(H,59,68)(H,60,69)(H,61,74)(H,62,73)(H,63,71)(H,66,67)(H,76,77)/t30-,31-,32-,34-,35-,36-,37-,38-,39-,42-,43-,44-/m0/s1. The Kier molecular flexibility index (Phi) is 28.9. The van der Waals surface area contributed by atoms with E-state index in [-0.39, 0.29) is 56.9 Å². The van der Waals surface area contributed by atoms with E-state index in [0.717, 1.165) is 0 Å². The molecule has 0 bridgehead atoms. The molecule has 2 rings (SSSR count). The van der Waals surface area contributed by atoms with Crippen LogP contribution in [-0.4, -0.2) is 148 Å². The first kappa shape index (κ1) is 66.4. The molecule has 0 saturated carbocycles. The number of carboxylic acids is 2. The number of carbonyl (C=O) groups is 11. The quantitative estimate of drug-likeness (QED) is 0.0401. The van der Waals surface area contributed by atoms with Crippen molar-refractivity contribution in [1.82, 2.24) is 42.1 Å². The average Bonchev–Trinajstić information content (AvgIpc) is 3.89.